The van der Waals surface area contributed by atoms with Crippen LogP contribution in [0.2, 0.25) is 0 Å². The van der Waals surface area contributed by atoms with E-state index in [0.29, 0.717) is 6.61 Å². The van der Waals surface area contributed by atoms with E-state index in [9.17, 15) is 0 Å². The van der Waals surface area contributed by atoms with Crippen molar-refractivity contribution in [1.82, 2.24) is 0 Å². The van der Waals surface area contributed by atoms with Crippen molar-refractivity contribution in [1.29, 1.82) is 5.26 Å². The first-order chi connectivity index (χ1) is 8.36. The molecule has 17 heavy (non-hydrogen) atoms. The fourth-order valence-corrected chi connectivity index (χ4v) is 1.22. The van der Waals surface area contributed by atoms with Gasteiger partial charge in [0.25, 0.3) is 0 Å². The fraction of sp³-hybridized carbons (Fsp3) is 0.250. The molecule has 0 amide bonds. The Labute approximate surface area is 99.6 Å². The lowest BCUT2D eigenvalue weighted by Gasteiger charge is -2.07. The van der Waals surface area contributed by atoms with E-state index in [2.05, 4.69) is 10.0 Å². The Bertz CT molecular complexity index is 443. The van der Waals surface area contributed by atoms with Crippen LogP contribution < -0.4 is 0 Å². The van der Waals surface area contributed by atoms with Gasteiger partial charge in [-0.1, -0.05) is 41.5 Å². The molecule has 0 N–H and O–H groups in total. The highest BCUT2D eigenvalue weighted by Gasteiger charge is 2.01. The molecule has 1 aromatic carbocycles. The molecular weight excluding hydrogens is 216 g/mol. The van der Waals surface area contributed by atoms with Gasteiger partial charge in [0.1, 0.15) is 0 Å². The first-order valence-electron chi connectivity index (χ1n) is 5.09. The highest BCUT2D eigenvalue weighted by Crippen LogP contribution is 2.03. The van der Waals surface area contributed by atoms with Gasteiger partial charge in [-0.3, -0.25) is 0 Å². The number of rotatable bonds is 6. The molecule has 1 atom stereocenters. The molecule has 0 radical (unpaired) electrons. The van der Waals surface area contributed by atoms with E-state index < -0.39 is 6.04 Å². The summed E-state index contributed by atoms with van der Waals surface area (Å²) in [5.41, 5.74) is 9.39. The number of benzene rings is 1. The molecule has 1 unspecified atom stereocenters. The summed E-state index contributed by atoms with van der Waals surface area (Å²) in [6.07, 6.45) is 2.80. The summed E-state index contributed by atoms with van der Waals surface area (Å²) in [5, 5.41) is 11.9. The average molecular weight is 228 g/mol. The van der Waals surface area contributed by atoms with Gasteiger partial charge in [0.15, 0.2) is 0 Å². The van der Waals surface area contributed by atoms with Crippen LogP contribution in [0.15, 0.2) is 47.6 Å². The van der Waals surface area contributed by atoms with Crippen molar-refractivity contribution in [3.8, 4) is 6.07 Å². The minimum atomic E-state index is -0.441. The summed E-state index contributed by atoms with van der Waals surface area (Å²) in [4.78, 5) is 2.70. The molecule has 0 aliphatic heterocycles. The second kappa shape index (κ2) is 7.94. The molecule has 5 heteroatoms. The zero-order valence-electron chi connectivity index (χ0n) is 9.23. The third kappa shape index (κ3) is 5.38. The number of azide groups is 1. The predicted octanol–water partition coefficient (Wildman–Crippen LogP) is 2.96. The van der Waals surface area contributed by atoms with E-state index >= 15 is 0 Å². The maximum Gasteiger partial charge on any atom is 0.0908 e. The summed E-state index contributed by atoms with van der Waals surface area (Å²) >= 11 is 0. The summed E-state index contributed by atoms with van der Waals surface area (Å²) in [7, 11) is 0. The molecule has 0 saturated heterocycles. The van der Waals surface area contributed by atoms with Crippen molar-refractivity contribution in [2.24, 2.45) is 5.11 Å². The van der Waals surface area contributed by atoms with Crippen LogP contribution in [0.3, 0.4) is 0 Å². The molecule has 0 aliphatic rings. The normalized spacial score (nSPS) is 11.7. The quantitative estimate of drug-likeness (QED) is 0.324. The third-order valence-corrected chi connectivity index (χ3v) is 1.99. The maximum atomic E-state index is 8.37. The second-order valence-corrected chi connectivity index (χ2v) is 3.26. The summed E-state index contributed by atoms with van der Waals surface area (Å²) in [6, 6.07) is 11.1. The van der Waals surface area contributed by atoms with E-state index in [0.717, 1.165) is 5.56 Å². The van der Waals surface area contributed by atoms with Gasteiger partial charge in [0.2, 0.25) is 0 Å². The molecule has 0 saturated carbocycles. The van der Waals surface area contributed by atoms with Crippen LogP contribution >= 0.6 is 0 Å². The number of nitrogens with zero attached hydrogens (tertiary/aromatic N) is 4. The van der Waals surface area contributed by atoms with Crippen molar-refractivity contribution in [3.63, 3.8) is 0 Å². The van der Waals surface area contributed by atoms with Gasteiger partial charge in [-0.25, -0.2) is 0 Å². The van der Waals surface area contributed by atoms with Gasteiger partial charge in [-0.2, -0.15) is 5.26 Å². The van der Waals surface area contributed by atoms with E-state index in [-0.39, 0.29) is 6.61 Å². The summed E-state index contributed by atoms with van der Waals surface area (Å²) in [5.74, 6) is 0. The Morgan fingerprint density at radius 2 is 2.24 bits per heavy atom. The molecule has 0 bridgehead atoms. The van der Waals surface area contributed by atoms with Crippen LogP contribution in [0.1, 0.15) is 5.56 Å². The fourth-order valence-electron chi connectivity index (χ4n) is 1.22. The SMILES string of the molecule is N#C/C=C/C(COCc1ccccc1)N=[N+]=[N-]. The summed E-state index contributed by atoms with van der Waals surface area (Å²) < 4.78 is 5.41. The Balaban J connectivity index is 2.40. The van der Waals surface area contributed by atoms with Crippen molar-refractivity contribution in [2.75, 3.05) is 6.61 Å². The third-order valence-electron chi connectivity index (χ3n) is 1.99. The Hall–Kier alpha value is -2.28. The number of hydrogen-bond acceptors (Lipinski definition) is 3. The van der Waals surface area contributed by atoms with Gasteiger partial charge in [-0.05, 0) is 11.1 Å². The molecule has 0 spiro atoms. The summed E-state index contributed by atoms with van der Waals surface area (Å²) in [6.45, 7) is 0.718. The number of hydrogen-bond donors (Lipinski definition) is 0. The van der Waals surface area contributed by atoms with Crippen LogP contribution in [0.5, 0.6) is 0 Å². The number of nitriles is 1. The van der Waals surface area contributed by atoms with Crippen molar-refractivity contribution in [2.45, 2.75) is 12.6 Å². The van der Waals surface area contributed by atoms with Gasteiger partial charge < -0.3 is 4.74 Å². The minimum Gasteiger partial charge on any atom is -0.376 e. The van der Waals surface area contributed by atoms with Crippen molar-refractivity contribution in [3.05, 3.63) is 58.5 Å². The van der Waals surface area contributed by atoms with E-state index in [4.69, 9.17) is 15.5 Å². The Morgan fingerprint density at radius 3 is 2.88 bits per heavy atom. The van der Waals surface area contributed by atoms with Crippen LogP contribution in [0, 0.1) is 11.3 Å². The van der Waals surface area contributed by atoms with Crippen molar-refractivity contribution >= 4 is 0 Å². The molecule has 0 fully saturated rings. The van der Waals surface area contributed by atoms with E-state index in [1.807, 2.05) is 36.4 Å². The van der Waals surface area contributed by atoms with Crippen LogP contribution in [0.4, 0.5) is 0 Å². The van der Waals surface area contributed by atoms with E-state index in [1.165, 1.54) is 12.2 Å². The molecule has 1 rings (SSSR count). The number of allylic oxidation sites excluding steroid dienone is 1. The first kappa shape index (κ1) is 12.8. The Morgan fingerprint density at radius 1 is 1.47 bits per heavy atom. The minimum absolute atomic E-state index is 0.261. The average Bonchev–Trinajstić information content (AvgIpc) is 2.37. The molecular formula is C12H12N4O. The van der Waals surface area contributed by atoms with Gasteiger partial charge in [0.05, 0.1) is 25.3 Å². The van der Waals surface area contributed by atoms with Gasteiger partial charge in [0, 0.05) is 11.0 Å². The standard InChI is InChI=1S/C12H12N4O/c13-8-4-7-12(15-16-14)10-17-9-11-5-2-1-3-6-11/h1-7,12H,9-10H2/b7-4+. The molecule has 0 aromatic heterocycles. The molecule has 86 valence electrons. The number of ether oxygens (including phenoxy) is 1. The zero-order chi connectivity index (χ0) is 12.3. The monoisotopic (exact) mass is 228 g/mol. The maximum absolute atomic E-state index is 8.37. The molecule has 1 aromatic rings. The smallest absolute Gasteiger partial charge is 0.0908 e. The highest BCUT2D eigenvalue weighted by atomic mass is 16.5. The largest absolute Gasteiger partial charge is 0.376 e. The highest BCUT2D eigenvalue weighted by molar-refractivity contribution is 5.13. The zero-order valence-corrected chi connectivity index (χ0v) is 9.23. The van der Waals surface area contributed by atoms with Crippen LogP contribution in [-0.4, -0.2) is 12.6 Å². The van der Waals surface area contributed by atoms with Crippen molar-refractivity contribution < 1.29 is 4.74 Å². The van der Waals surface area contributed by atoms with Gasteiger partial charge >= 0.3 is 0 Å². The predicted molar refractivity (Wildman–Crippen MR) is 63.8 cm³/mol. The lowest BCUT2D eigenvalue weighted by Crippen LogP contribution is -2.09. The van der Waals surface area contributed by atoms with Crippen LogP contribution in [-0.2, 0) is 11.3 Å². The van der Waals surface area contributed by atoms with E-state index in [1.54, 1.807) is 0 Å². The van der Waals surface area contributed by atoms with Crippen LogP contribution in [0.25, 0.3) is 10.4 Å². The molecule has 5 nitrogen and oxygen atoms in total. The van der Waals surface area contributed by atoms with Gasteiger partial charge in [-0.15, -0.1) is 0 Å². The Kier molecular flexibility index (Phi) is 5.97. The molecule has 0 aliphatic carbocycles. The topological polar surface area (TPSA) is 81.8 Å². The first-order valence-corrected chi connectivity index (χ1v) is 5.09. The second-order valence-electron chi connectivity index (χ2n) is 3.26. The lowest BCUT2D eigenvalue weighted by atomic mass is 10.2. The lowest BCUT2D eigenvalue weighted by molar-refractivity contribution is 0.116. The molecule has 0 heterocycles.